The lowest BCUT2D eigenvalue weighted by Crippen LogP contribution is -2.38. The van der Waals surface area contributed by atoms with Crippen LogP contribution in [0.5, 0.6) is 0 Å². The average molecular weight is 791 g/mol. The maximum atomic E-state index is 6.88. The van der Waals surface area contributed by atoms with E-state index in [0.29, 0.717) is 0 Å². The molecule has 3 heterocycles. The minimum atomic E-state index is -0.553. The summed E-state index contributed by atoms with van der Waals surface area (Å²) in [6.45, 7) is 0. The molecule has 1 spiro atoms. The van der Waals surface area contributed by atoms with Crippen molar-refractivity contribution in [1.29, 1.82) is 0 Å². The molecule has 0 saturated carbocycles. The minimum absolute atomic E-state index is 0.0442. The molecule has 2 aliphatic carbocycles. The van der Waals surface area contributed by atoms with Gasteiger partial charge in [0, 0.05) is 27.5 Å². The summed E-state index contributed by atoms with van der Waals surface area (Å²) in [4.78, 5) is 2.55. The zero-order valence-electron chi connectivity index (χ0n) is 33.8. The first kappa shape index (κ1) is 33.9. The molecule has 11 aromatic rings. The molecule has 0 bridgehead atoms. The van der Waals surface area contributed by atoms with E-state index < -0.39 is 5.41 Å². The Morgan fingerprint density at radius 3 is 2.11 bits per heavy atom. The molecule has 3 heteroatoms. The molecule has 3 aliphatic rings. The van der Waals surface area contributed by atoms with E-state index >= 15 is 0 Å². The lowest BCUT2D eigenvalue weighted by Gasteiger charge is -2.43. The van der Waals surface area contributed by atoms with Crippen LogP contribution in [-0.2, 0) is 5.41 Å². The number of benzene rings is 9. The van der Waals surface area contributed by atoms with Gasteiger partial charge in [-0.2, -0.15) is 0 Å². The summed E-state index contributed by atoms with van der Waals surface area (Å²) >= 11 is 0. The topological polar surface area (TPSA) is 21.3 Å². The van der Waals surface area contributed by atoms with Crippen LogP contribution in [0, 0.1) is 0 Å². The quantitative estimate of drug-likeness (QED) is 0.177. The number of anilines is 2. The number of rotatable bonds is 4. The molecule has 3 nitrogen and oxygen atoms in total. The molecule has 0 N–H and O–H groups in total. The molecule has 0 amide bonds. The van der Waals surface area contributed by atoms with Crippen molar-refractivity contribution in [3.05, 3.63) is 240 Å². The van der Waals surface area contributed by atoms with E-state index in [-0.39, 0.29) is 6.04 Å². The first-order valence-electron chi connectivity index (χ1n) is 21.7. The normalized spacial score (nSPS) is 17.4. The number of para-hydroxylation sites is 4. The molecule has 2 unspecified atom stereocenters. The first-order valence-corrected chi connectivity index (χ1v) is 21.7. The first-order chi connectivity index (χ1) is 30.8. The van der Waals surface area contributed by atoms with E-state index in [1.807, 2.05) is 0 Å². The average Bonchev–Trinajstić information content (AvgIpc) is 3.98. The van der Waals surface area contributed by atoms with E-state index in [4.69, 9.17) is 4.42 Å². The fourth-order valence-corrected chi connectivity index (χ4v) is 11.6. The van der Waals surface area contributed by atoms with Gasteiger partial charge < -0.3 is 13.9 Å². The van der Waals surface area contributed by atoms with Crippen LogP contribution < -0.4 is 4.90 Å². The highest BCUT2D eigenvalue weighted by Gasteiger charge is 2.53. The number of nitrogens with zero attached hydrogens (tertiary/aromatic N) is 2. The second-order valence-corrected chi connectivity index (χ2v) is 17.1. The molecule has 14 rings (SSSR count). The van der Waals surface area contributed by atoms with Crippen molar-refractivity contribution in [3.63, 3.8) is 0 Å². The molecule has 0 saturated heterocycles. The highest BCUT2D eigenvalue weighted by molar-refractivity contribution is 6.26. The van der Waals surface area contributed by atoms with Crippen LogP contribution in [0.1, 0.15) is 28.7 Å². The third kappa shape index (κ3) is 4.44. The third-order valence-electron chi connectivity index (χ3n) is 14.1. The third-order valence-corrected chi connectivity index (χ3v) is 14.1. The molecule has 290 valence electrons. The predicted octanol–water partition coefficient (Wildman–Crippen LogP) is 15.1. The molecule has 9 aromatic carbocycles. The second-order valence-electron chi connectivity index (χ2n) is 17.1. The van der Waals surface area contributed by atoms with Gasteiger partial charge >= 0.3 is 0 Å². The standard InChI is InChI=1S/C59H38N2O/c1-2-16-41(17-3-1)60(42-30-28-38(29-31-42)40-27-26-37-14-4-5-15-39(37)34-40)43-32-33-45-44-18-6-9-21-49(44)59(51(45)35-43)50-22-10-12-24-54(50)61-53-23-11-7-20-47(53)56-57(61)52(59)36-48-46-19-8-13-25-55(46)62-58(48)56/h1-34,36,43H,35H2. The molecular weight excluding hydrogens is 753 g/mol. The molecule has 0 fully saturated rings. The van der Waals surface area contributed by atoms with Crippen molar-refractivity contribution >= 4 is 71.5 Å². The van der Waals surface area contributed by atoms with Gasteiger partial charge in [0.25, 0.3) is 0 Å². The van der Waals surface area contributed by atoms with Crippen LogP contribution in [0.25, 0.3) is 76.9 Å². The highest BCUT2D eigenvalue weighted by Crippen LogP contribution is 2.63. The maximum Gasteiger partial charge on any atom is 0.145 e. The summed E-state index contributed by atoms with van der Waals surface area (Å²) in [5.41, 5.74) is 17.8. The second kappa shape index (κ2) is 12.6. The number of aromatic nitrogens is 1. The number of furan rings is 1. The maximum absolute atomic E-state index is 6.88. The van der Waals surface area contributed by atoms with Crippen molar-refractivity contribution in [3.8, 4) is 16.8 Å². The van der Waals surface area contributed by atoms with Gasteiger partial charge in [0.15, 0.2) is 0 Å². The Bertz CT molecular complexity index is 3730. The summed E-state index contributed by atoms with van der Waals surface area (Å²) in [6, 6.07) is 73.9. The van der Waals surface area contributed by atoms with Crippen molar-refractivity contribution in [2.24, 2.45) is 0 Å². The largest absolute Gasteiger partial charge is 0.455 e. The molecular formula is C59H38N2O. The van der Waals surface area contributed by atoms with Gasteiger partial charge in [0.05, 0.1) is 33.6 Å². The minimum Gasteiger partial charge on any atom is -0.455 e. The SMILES string of the molecule is C1=CC(N(c2ccccc2)c2ccc(-c3ccc4ccccc4c3)cc2)CC2=C1c1ccccc1C21c2ccccc2-n2c3ccccc3c3c4oc5ccccc5c4cc1c32. The number of allylic oxidation sites excluding steroid dienone is 2. The van der Waals surface area contributed by atoms with Crippen molar-refractivity contribution in [2.75, 3.05) is 4.90 Å². The van der Waals surface area contributed by atoms with E-state index in [1.165, 1.54) is 94.2 Å². The summed E-state index contributed by atoms with van der Waals surface area (Å²) in [5, 5.41) is 7.22. The molecule has 2 atom stereocenters. The Morgan fingerprint density at radius 1 is 0.532 bits per heavy atom. The Morgan fingerprint density at radius 2 is 1.23 bits per heavy atom. The number of hydrogen-bond acceptors (Lipinski definition) is 2. The van der Waals surface area contributed by atoms with Gasteiger partial charge in [-0.3, -0.25) is 0 Å². The van der Waals surface area contributed by atoms with Crippen molar-refractivity contribution in [2.45, 2.75) is 17.9 Å². The smallest absolute Gasteiger partial charge is 0.145 e. The van der Waals surface area contributed by atoms with E-state index in [9.17, 15) is 0 Å². The number of hydrogen-bond donors (Lipinski definition) is 0. The van der Waals surface area contributed by atoms with Crippen LogP contribution in [0.3, 0.4) is 0 Å². The van der Waals surface area contributed by atoms with E-state index in [1.54, 1.807) is 0 Å². The zero-order chi connectivity index (χ0) is 40.5. The van der Waals surface area contributed by atoms with Gasteiger partial charge in [-0.15, -0.1) is 0 Å². The Hall–Kier alpha value is -7.88. The summed E-state index contributed by atoms with van der Waals surface area (Å²) in [6.07, 6.45) is 5.72. The van der Waals surface area contributed by atoms with Crippen molar-refractivity contribution < 1.29 is 4.42 Å². The summed E-state index contributed by atoms with van der Waals surface area (Å²) < 4.78 is 9.41. The fraction of sp³-hybridized carbons (Fsp3) is 0.0508. The fourth-order valence-electron chi connectivity index (χ4n) is 11.6. The zero-order valence-corrected chi connectivity index (χ0v) is 33.8. The Balaban J connectivity index is 1.00. The molecule has 2 aromatic heterocycles. The van der Waals surface area contributed by atoms with Crippen LogP contribution in [0.4, 0.5) is 11.4 Å². The van der Waals surface area contributed by atoms with Crippen LogP contribution in [-0.4, -0.2) is 10.6 Å². The Labute approximate surface area is 358 Å². The monoisotopic (exact) mass is 790 g/mol. The molecule has 0 radical (unpaired) electrons. The molecule has 62 heavy (non-hydrogen) atoms. The van der Waals surface area contributed by atoms with Crippen molar-refractivity contribution in [1.82, 2.24) is 4.57 Å². The van der Waals surface area contributed by atoms with Gasteiger partial charge in [-0.05, 0) is 116 Å². The summed E-state index contributed by atoms with van der Waals surface area (Å²) in [5.74, 6) is 0. The van der Waals surface area contributed by atoms with Crippen LogP contribution in [0.2, 0.25) is 0 Å². The lowest BCUT2D eigenvalue weighted by atomic mass is 9.63. The summed E-state index contributed by atoms with van der Waals surface area (Å²) in [7, 11) is 0. The number of fused-ring (bicyclic) bond motifs is 16. The van der Waals surface area contributed by atoms with E-state index in [0.717, 1.165) is 28.4 Å². The molecule has 1 aliphatic heterocycles. The predicted molar refractivity (Wildman–Crippen MR) is 257 cm³/mol. The van der Waals surface area contributed by atoms with Crippen LogP contribution >= 0.6 is 0 Å². The van der Waals surface area contributed by atoms with Gasteiger partial charge in [0.1, 0.15) is 11.2 Å². The highest BCUT2D eigenvalue weighted by atomic mass is 16.3. The van der Waals surface area contributed by atoms with Gasteiger partial charge in [0.2, 0.25) is 0 Å². The lowest BCUT2D eigenvalue weighted by molar-refractivity contribution is 0.645. The van der Waals surface area contributed by atoms with Gasteiger partial charge in [-0.1, -0.05) is 158 Å². The van der Waals surface area contributed by atoms with Crippen LogP contribution in [0.15, 0.2) is 222 Å². The Kier molecular flexibility index (Phi) is 6.88. The van der Waals surface area contributed by atoms with E-state index in [2.05, 4.69) is 222 Å². The van der Waals surface area contributed by atoms with Gasteiger partial charge in [-0.25, -0.2) is 0 Å².